The van der Waals surface area contributed by atoms with Crippen molar-refractivity contribution in [1.82, 2.24) is 14.9 Å². The molecule has 216 valence electrons. The Morgan fingerprint density at radius 3 is 2.78 bits per heavy atom. The summed E-state index contributed by atoms with van der Waals surface area (Å²) in [7, 11) is 5.80. The molecule has 11 heteroatoms. The molecule has 41 heavy (non-hydrogen) atoms. The van der Waals surface area contributed by atoms with Crippen molar-refractivity contribution in [1.29, 1.82) is 0 Å². The number of carbonyl (C=O) groups excluding carboxylic acids is 1. The highest BCUT2D eigenvalue weighted by molar-refractivity contribution is 6.31. The second-order valence-electron chi connectivity index (χ2n) is 10.4. The molecule has 2 N–H and O–H groups in total. The molecule has 3 heterocycles. The molecule has 1 amide bonds. The lowest BCUT2D eigenvalue weighted by molar-refractivity contribution is -0.111. The van der Waals surface area contributed by atoms with E-state index in [0.29, 0.717) is 41.4 Å². The van der Waals surface area contributed by atoms with E-state index >= 15 is 0 Å². The Kier molecular flexibility index (Phi) is 8.63. The van der Waals surface area contributed by atoms with Crippen LogP contribution in [0.15, 0.2) is 55.4 Å². The van der Waals surface area contributed by atoms with E-state index in [1.807, 2.05) is 42.3 Å². The molecule has 10 nitrogen and oxygen atoms in total. The van der Waals surface area contributed by atoms with Gasteiger partial charge < -0.3 is 25.2 Å². The topological polar surface area (TPSA) is 95.1 Å². The Labute approximate surface area is 245 Å². The first-order valence-electron chi connectivity index (χ1n) is 13.6. The predicted octanol–water partition coefficient (Wildman–Crippen LogP) is 5.34. The van der Waals surface area contributed by atoms with E-state index in [2.05, 4.69) is 57.1 Å². The number of likely N-dealkylation sites (N-methyl/N-ethyl adjacent to an activating group) is 1. The molecule has 5 rings (SSSR count). The standard InChI is InChI=1S/C30H36ClN7O3/c1-6-30(39)35-23-14-24(27(40-5)15-26(23)37-12-10-20(17-37)36(3)4)34-28-16-29(33-18-32-28)38-25(11-13-41-38)21-8-7-9-22(31)19(21)2/h6-9,14-16,18,20,25H,1,10-13,17H2,2-5H3,(H,35,39)(H,32,33,34)/t20-,25-/m1/s1. The van der Waals surface area contributed by atoms with Gasteiger partial charge in [-0.1, -0.05) is 30.3 Å². The third-order valence-corrected chi connectivity index (χ3v) is 8.12. The summed E-state index contributed by atoms with van der Waals surface area (Å²) in [6.45, 7) is 7.91. The molecule has 2 atom stereocenters. The number of amides is 1. The number of halogens is 1. The molecule has 2 aromatic carbocycles. The van der Waals surface area contributed by atoms with Crippen LogP contribution in [0.25, 0.3) is 0 Å². The molecular weight excluding hydrogens is 542 g/mol. The smallest absolute Gasteiger partial charge is 0.247 e. The van der Waals surface area contributed by atoms with Crippen molar-refractivity contribution in [2.24, 2.45) is 0 Å². The zero-order chi connectivity index (χ0) is 29.1. The van der Waals surface area contributed by atoms with Crippen molar-refractivity contribution in [3.8, 4) is 5.75 Å². The van der Waals surface area contributed by atoms with E-state index in [0.717, 1.165) is 47.8 Å². The first-order chi connectivity index (χ1) is 19.8. The van der Waals surface area contributed by atoms with Gasteiger partial charge in [0, 0.05) is 42.7 Å². The van der Waals surface area contributed by atoms with Crippen LogP contribution in [0.3, 0.4) is 0 Å². The first kappa shape index (κ1) is 28.7. The molecule has 0 unspecified atom stereocenters. The molecule has 2 aliphatic heterocycles. The van der Waals surface area contributed by atoms with Crippen molar-refractivity contribution < 1.29 is 14.4 Å². The minimum absolute atomic E-state index is 0.0301. The number of hydrogen-bond acceptors (Lipinski definition) is 9. The number of rotatable bonds is 9. The molecule has 3 aromatic rings. The van der Waals surface area contributed by atoms with Crippen molar-refractivity contribution in [3.63, 3.8) is 0 Å². The van der Waals surface area contributed by atoms with Crippen LogP contribution >= 0.6 is 11.6 Å². The molecule has 2 fully saturated rings. The van der Waals surface area contributed by atoms with E-state index in [4.69, 9.17) is 21.2 Å². The molecule has 0 bridgehead atoms. The number of anilines is 5. The molecule has 0 spiro atoms. The second-order valence-corrected chi connectivity index (χ2v) is 10.8. The number of methoxy groups -OCH3 is 1. The zero-order valence-corrected chi connectivity index (χ0v) is 24.6. The lowest BCUT2D eigenvalue weighted by Gasteiger charge is -2.26. The van der Waals surface area contributed by atoms with Gasteiger partial charge >= 0.3 is 0 Å². The van der Waals surface area contributed by atoms with Crippen LogP contribution in [-0.2, 0) is 9.63 Å². The van der Waals surface area contributed by atoms with Gasteiger partial charge in [0.25, 0.3) is 0 Å². The van der Waals surface area contributed by atoms with Crippen LogP contribution < -0.4 is 25.3 Å². The summed E-state index contributed by atoms with van der Waals surface area (Å²) in [6, 6.07) is 12.0. The van der Waals surface area contributed by atoms with Crippen molar-refractivity contribution >= 4 is 46.2 Å². The largest absolute Gasteiger partial charge is 0.494 e. The number of nitrogens with one attached hydrogen (secondary N) is 2. The molecular formula is C30H36ClN7O3. The maximum Gasteiger partial charge on any atom is 0.247 e. The van der Waals surface area contributed by atoms with Crippen LogP contribution in [0.1, 0.15) is 30.0 Å². The minimum Gasteiger partial charge on any atom is -0.494 e. The van der Waals surface area contributed by atoms with Gasteiger partial charge in [0.1, 0.15) is 17.9 Å². The van der Waals surface area contributed by atoms with Gasteiger partial charge in [-0.05, 0) is 56.8 Å². The lowest BCUT2D eigenvalue weighted by atomic mass is 9.99. The van der Waals surface area contributed by atoms with E-state index in [1.165, 1.54) is 12.4 Å². The van der Waals surface area contributed by atoms with E-state index in [-0.39, 0.29) is 11.9 Å². The fourth-order valence-electron chi connectivity index (χ4n) is 5.40. The van der Waals surface area contributed by atoms with Gasteiger partial charge in [0.2, 0.25) is 5.91 Å². The van der Waals surface area contributed by atoms with Crippen molar-refractivity contribution in [2.75, 3.05) is 61.5 Å². The van der Waals surface area contributed by atoms with Crippen LogP contribution in [0.5, 0.6) is 5.75 Å². The molecule has 1 aromatic heterocycles. The Bertz CT molecular complexity index is 1430. The van der Waals surface area contributed by atoms with E-state index in [9.17, 15) is 4.79 Å². The third kappa shape index (κ3) is 6.09. The fourth-order valence-corrected chi connectivity index (χ4v) is 5.58. The summed E-state index contributed by atoms with van der Waals surface area (Å²) in [5.41, 5.74) is 4.32. The minimum atomic E-state index is -0.288. The average molecular weight is 578 g/mol. The van der Waals surface area contributed by atoms with Crippen LogP contribution in [0.2, 0.25) is 5.02 Å². The highest BCUT2D eigenvalue weighted by Crippen LogP contribution is 2.41. The summed E-state index contributed by atoms with van der Waals surface area (Å²) in [5, 5.41) is 8.86. The molecule has 2 aliphatic rings. The normalized spacial score (nSPS) is 18.6. The van der Waals surface area contributed by atoms with Crippen LogP contribution in [-0.4, -0.2) is 67.7 Å². The Morgan fingerprint density at radius 2 is 2.05 bits per heavy atom. The molecule has 0 saturated carbocycles. The van der Waals surface area contributed by atoms with Gasteiger partial charge in [-0.25, -0.2) is 15.0 Å². The maximum atomic E-state index is 12.4. The van der Waals surface area contributed by atoms with Crippen molar-refractivity contribution in [3.05, 3.63) is 71.5 Å². The summed E-state index contributed by atoms with van der Waals surface area (Å²) in [4.78, 5) is 31.8. The van der Waals surface area contributed by atoms with Gasteiger partial charge in [-0.15, -0.1) is 0 Å². The molecule has 2 saturated heterocycles. The quantitative estimate of drug-likeness (QED) is 0.327. The van der Waals surface area contributed by atoms with Gasteiger partial charge in [-0.3, -0.25) is 9.63 Å². The summed E-state index contributed by atoms with van der Waals surface area (Å²) >= 11 is 6.41. The van der Waals surface area contributed by atoms with E-state index in [1.54, 1.807) is 7.11 Å². The number of nitrogens with zero attached hydrogens (tertiary/aromatic N) is 5. The Hall–Kier alpha value is -3.86. The first-order valence-corrected chi connectivity index (χ1v) is 14.0. The summed E-state index contributed by atoms with van der Waals surface area (Å²) in [5.74, 6) is 1.50. The van der Waals surface area contributed by atoms with Gasteiger partial charge in [0.15, 0.2) is 5.82 Å². The number of hydroxylamine groups is 1. The highest BCUT2D eigenvalue weighted by atomic mass is 35.5. The molecule has 0 aliphatic carbocycles. The monoisotopic (exact) mass is 577 g/mol. The number of carbonyl (C=O) groups is 1. The second kappa shape index (κ2) is 12.3. The summed E-state index contributed by atoms with van der Waals surface area (Å²) in [6.07, 6.45) is 4.59. The maximum absolute atomic E-state index is 12.4. The van der Waals surface area contributed by atoms with Crippen LogP contribution in [0.4, 0.5) is 28.7 Å². The Morgan fingerprint density at radius 1 is 1.22 bits per heavy atom. The molecule has 0 radical (unpaired) electrons. The van der Waals surface area contributed by atoms with Gasteiger partial charge in [-0.2, -0.15) is 0 Å². The average Bonchev–Trinajstić information content (AvgIpc) is 3.66. The summed E-state index contributed by atoms with van der Waals surface area (Å²) < 4.78 is 5.78. The van der Waals surface area contributed by atoms with Crippen molar-refractivity contribution in [2.45, 2.75) is 31.8 Å². The predicted molar refractivity (Wildman–Crippen MR) is 163 cm³/mol. The Balaban J connectivity index is 1.45. The SMILES string of the molecule is C=CC(=O)Nc1cc(Nc2cc(N3OCC[C@@H]3c3cccc(Cl)c3C)ncn2)c(OC)cc1N1CC[C@@H](N(C)C)C1. The van der Waals surface area contributed by atoms with Gasteiger partial charge in [0.05, 0.1) is 36.8 Å². The fraction of sp³-hybridized carbons (Fsp3) is 0.367. The number of hydrogen-bond donors (Lipinski definition) is 2. The lowest BCUT2D eigenvalue weighted by Crippen LogP contribution is -2.31. The highest BCUT2D eigenvalue weighted by Gasteiger charge is 2.31. The number of aromatic nitrogens is 2. The third-order valence-electron chi connectivity index (χ3n) is 7.71. The van der Waals surface area contributed by atoms with E-state index < -0.39 is 0 Å². The van der Waals surface area contributed by atoms with Crippen LogP contribution in [0, 0.1) is 6.92 Å². The number of benzene rings is 2. The zero-order valence-electron chi connectivity index (χ0n) is 23.9. The number of ether oxygens (including phenoxy) is 1.